The molecule has 0 rings (SSSR count). The van der Waals surface area contributed by atoms with Crippen molar-refractivity contribution in [2.75, 3.05) is 12.2 Å². The van der Waals surface area contributed by atoms with E-state index in [0.717, 1.165) is 0 Å². The summed E-state index contributed by atoms with van der Waals surface area (Å²) < 4.78 is 0. The van der Waals surface area contributed by atoms with Crippen LogP contribution in [0.25, 0.3) is 0 Å². The molecule has 0 saturated carbocycles. The van der Waals surface area contributed by atoms with Gasteiger partial charge in [-0.25, -0.2) is 4.89 Å². The zero-order valence-corrected chi connectivity index (χ0v) is 3.79. The van der Waals surface area contributed by atoms with Crippen molar-refractivity contribution in [2.45, 2.75) is 0 Å². The van der Waals surface area contributed by atoms with Crippen molar-refractivity contribution in [3.63, 3.8) is 0 Å². The van der Waals surface area contributed by atoms with Crippen LogP contribution < -0.4 is 0 Å². The van der Waals surface area contributed by atoms with Gasteiger partial charge in [-0.05, 0) is 6.26 Å². The van der Waals surface area contributed by atoms with Gasteiger partial charge in [0.1, 0.15) is 5.94 Å². The van der Waals surface area contributed by atoms with Crippen LogP contribution in [-0.2, 0) is 4.89 Å². The summed E-state index contributed by atoms with van der Waals surface area (Å²) in [6, 6.07) is 0. The predicted octanol–water partition coefficient (Wildman–Crippen LogP) is 0.796. The van der Waals surface area contributed by atoms with Crippen LogP contribution in [-0.4, -0.2) is 17.5 Å². The molecule has 1 N–H and O–H groups in total. The second-order valence-electron chi connectivity index (χ2n) is 0.536. The first-order valence-corrected chi connectivity index (χ1v) is 2.56. The van der Waals surface area contributed by atoms with E-state index in [0.29, 0.717) is 5.94 Å². The summed E-state index contributed by atoms with van der Waals surface area (Å²) in [5, 5.41) is 7.55. The second-order valence-corrected chi connectivity index (χ2v) is 1.35. The van der Waals surface area contributed by atoms with Crippen LogP contribution >= 0.6 is 11.8 Å². The van der Waals surface area contributed by atoms with Crippen LogP contribution in [0.5, 0.6) is 0 Å². The zero-order valence-electron chi connectivity index (χ0n) is 2.97. The molecule has 32 valence electrons. The van der Waals surface area contributed by atoms with Crippen LogP contribution in [0.4, 0.5) is 0 Å². The molecule has 5 heavy (non-hydrogen) atoms. The molecule has 0 aliphatic rings. The lowest BCUT2D eigenvalue weighted by atomic mass is 11.7. The number of rotatable bonds is 2. The van der Waals surface area contributed by atoms with E-state index < -0.39 is 0 Å². The number of hydrogen-bond acceptors (Lipinski definition) is 3. The molecular weight excluding hydrogens is 88.1 g/mol. The highest BCUT2D eigenvalue weighted by atomic mass is 32.2. The Morgan fingerprint density at radius 1 is 2.00 bits per heavy atom. The molecule has 0 aromatic rings. The molecule has 0 aliphatic heterocycles. The van der Waals surface area contributed by atoms with Crippen LogP contribution in [0.15, 0.2) is 0 Å². The molecule has 0 atom stereocenters. The Morgan fingerprint density at radius 3 is 2.60 bits per heavy atom. The average Bonchev–Trinajstić information content (AvgIpc) is 1.41. The van der Waals surface area contributed by atoms with Crippen molar-refractivity contribution in [1.29, 1.82) is 0 Å². The Labute approximate surface area is 35.1 Å². The highest BCUT2D eigenvalue weighted by Crippen LogP contribution is 1.86. The van der Waals surface area contributed by atoms with Gasteiger partial charge in [0, 0.05) is 0 Å². The summed E-state index contributed by atoms with van der Waals surface area (Å²) in [4.78, 5) is 3.65. The highest BCUT2D eigenvalue weighted by Gasteiger charge is 1.68. The molecule has 0 fully saturated rings. The molecule has 0 spiro atoms. The maximum atomic E-state index is 7.55. The van der Waals surface area contributed by atoms with Gasteiger partial charge in [0.2, 0.25) is 0 Å². The van der Waals surface area contributed by atoms with Crippen LogP contribution in [0.2, 0.25) is 0 Å². The van der Waals surface area contributed by atoms with E-state index in [2.05, 4.69) is 4.89 Å². The first-order valence-electron chi connectivity index (χ1n) is 1.17. The Morgan fingerprint density at radius 2 is 2.60 bits per heavy atom. The van der Waals surface area contributed by atoms with E-state index in [4.69, 9.17) is 5.26 Å². The Kier molecular flexibility index (Phi) is 4.50. The molecule has 0 bridgehead atoms. The minimum Gasteiger partial charge on any atom is -0.251 e. The number of thioether (sulfide) groups is 1. The van der Waals surface area contributed by atoms with Gasteiger partial charge in [0.15, 0.2) is 0 Å². The summed E-state index contributed by atoms with van der Waals surface area (Å²) >= 11 is 1.43. The smallest absolute Gasteiger partial charge is 0.127 e. The Balaban J connectivity index is 2.19. The van der Waals surface area contributed by atoms with Crippen molar-refractivity contribution >= 4 is 11.8 Å². The molecule has 0 amide bonds. The lowest BCUT2D eigenvalue weighted by molar-refractivity contribution is -0.222. The fraction of sp³-hybridized carbons (Fsp3) is 1.00. The summed E-state index contributed by atoms with van der Waals surface area (Å²) in [5.41, 5.74) is 0. The highest BCUT2D eigenvalue weighted by molar-refractivity contribution is 7.98. The van der Waals surface area contributed by atoms with Crippen LogP contribution in [0, 0.1) is 0 Å². The summed E-state index contributed by atoms with van der Waals surface area (Å²) in [5.74, 6) is 0.361. The molecule has 3 heteroatoms. The van der Waals surface area contributed by atoms with Crippen molar-refractivity contribution in [2.24, 2.45) is 0 Å². The Bertz CT molecular complexity index is 15.1. The second kappa shape index (κ2) is 4.27. The lowest BCUT2D eigenvalue weighted by Gasteiger charge is -1.81. The zero-order chi connectivity index (χ0) is 4.12. The topological polar surface area (TPSA) is 29.5 Å². The first kappa shape index (κ1) is 5.27. The average molecular weight is 94.1 g/mol. The first-order chi connectivity index (χ1) is 2.41. The molecule has 0 heterocycles. The van der Waals surface area contributed by atoms with Crippen LogP contribution in [0.1, 0.15) is 0 Å². The van der Waals surface area contributed by atoms with Gasteiger partial charge in [0.25, 0.3) is 0 Å². The van der Waals surface area contributed by atoms with Gasteiger partial charge in [0.05, 0.1) is 0 Å². The van der Waals surface area contributed by atoms with E-state index in [1.165, 1.54) is 11.8 Å². The fourth-order valence-corrected chi connectivity index (χ4v) is 0.158. The van der Waals surface area contributed by atoms with Gasteiger partial charge in [-0.3, -0.25) is 5.26 Å². The van der Waals surface area contributed by atoms with Crippen LogP contribution in [0.3, 0.4) is 0 Å². The standard InChI is InChI=1S/C2H6O2S/c1-5-2-4-3/h3H,2H2,1H3. The third-order valence-electron chi connectivity index (χ3n) is 0.171. The van der Waals surface area contributed by atoms with E-state index in [1.807, 2.05) is 6.26 Å². The van der Waals surface area contributed by atoms with E-state index >= 15 is 0 Å². The van der Waals surface area contributed by atoms with Crippen molar-refractivity contribution in [3.05, 3.63) is 0 Å². The van der Waals surface area contributed by atoms with Gasteiger partial charge in [-0.15, -0.1) is 11.8 Å². The Hall–Kier alpha value is 0.270. The van der Waals surface area contributed by atoms with Crippen molar-refractivity contribution < 1.29 is 10.1 Å². The largest absolute Gasteiger partial charge is 0.251 e. The number of hydrogen-bond donors (Lipinski definition) is 1. The third kappa shape index (κ3) is 4.27. The minimum absolute atomic E-state index is 0.361. The maximum Gasteiger partial charge on any atom is 0.127 e. The molecule has 0 unspecified atom stereocenters. The maximum absolute atomic E-state index is 7.55. The molecule has 0 aromatic heterocycles. The van der Waals surface area contributed by atoms with Gasteiger partial charge < -0.3 is 0 Å². The minimum atomic E-state index is 0.361. The summed E-state index contributed by atoms with van der Waals surface area (Å²) in [6.07, 6.45) is 1.84. The van der Waals surface area contributed by atoms with Crippen molar-refractivity contribution in [3.8, 4) is 0 Å². The monoisotopic (exact) mass is 94.0 g/mol. The molecular formula is C2H6O2S. The molecule has 2 nitrogen and oxygen atoms in total. The normalized spacial score (nSPS) is 8.40. The summed E-state index contributed by atoms with van der Waals surface area (Å²) in [7, 11) is 0. The molecule has 0 saturated heterocycles. The molecule has 0 aliphatic carbocycles. The van der Waals surface area contributed by atoms with E-state index in [-0.39, 0.29) is 0 Å². The van der Waals surface area contributed by atoms with E-state index in [1.54, 1.807) is 0 Å². The molecule has 0 radical (unpaired) electrons. The molecule has 0 aromatic carbocycles. The fourth-order valence-electron chi connectivity index (χ4n) is 0.0527. The van der Waals surface area contributed by atoms with E-state index in [9.17, 15) is 0 Å². The van der Waals surface area contributed by atoms with Crippen molar-refractivity contribution in [1.82, 2.24) is 0 Å². The van der Waals surface area contributed by atoms with Gasteiger partial charge >= 0.3 is 0 Å². The lowest BCUT2D eigenvalue weighted by Crippen LogP contribution is -1.76. The predicted molar refractivity (Wildman–Crippen MR) is 22.1 cm³/mol. The quantitative estimate of drug-likeness (QED) is 0.312. The third-order valence-corrected chi connectivity index (χ3v) is 0.512. The van der Waals surface area contributed by atoms with Gasteiger partial charge in [-0.1, -0.05) is 0 Å². The summed E-state index contributed by atoms with van der Waals surface area (Å²) in [6.45, 7) is 0. The SMILES string of the molecule is CSCOO. The van der Waals surface area contributed by atoms with Gasteiger partial charge in [-0.2, -0.15) is 0 Å².